The molecule has 0 aliphatic rings. The maximum atomic E-state index is 13.5. The van der Waals surface area contributed by atoms with Gasteiger partial charge in [0.1, 0.15) is 5.82 Å². The molecule has 2 heterocycles. The molecule has 0 spiro atoms. The van der Waals surface area contributed by atoms with Crippen LogP contribution in [-0.4, -0.2) is 26.8 Å². The van der Waals surface area contributed by atoms with Crippen molar-refractivity contribution in [3.63, 3.8) is 0 Å². The Labute approximate surface area is 185 Å². The Morgan fingerprint density at radius 1 is 1.12 bits per heavy atom. The maximum Gasteiger partial charge on any atom is 0.417 e. The first-order valence-electron chi connectivity index (χ1n) is 10.5. The van der Waals surface area contributed by atoms with Crippen molar-refractivity contribution < 1.29 is 18.0 Å². The minimum absolute atomic E-state index is 0.113. The largest absolute Gasteiger partial charge is 0.417 e. The number of alkyl halides is 3. The predicted octanol–water partition coefficient (Wildman–Crippen LogP) is 5.62. The fourth-order valence-electron chi connectivity index (χ4n) is 3.69. The predicted molar refractivity (Wildman–Crippen MR) is 119 cm³/mol. The van der Waals surface area contributed by atoms with Gasteiger partial charge in [-0.05, 0) is 68.1 Å². The van der Waals surface area contributed by atoms with Crippen LogP contribution in [0.1, 0.15) is 54.4 Å². The van der Waals surface area contributed by atoms with Crippen molar-refractivity contribution in [1.82, 2.24) is 14.9 Å². The fraction of sp³-hybridized carbons (Fsp3) is 0.375. The van der Waals surface area contributed by atoms with Gasteiger partial charge in [0.2, 0.25) is 0 Å². The van der Waals surface area contributed by atoms with E-state index in [1.54, 1.807) is 23.1 Å². The number of fused-ring (bicyclic) bond motifs is 1. The average Bonchev–Trinajstić information content (AvgIpc) is 2.71. The molecule has 2 N–H and O–H groups in total. The number of pyridine rings is 2. The number of nitrogens with two attached hydrogens (primary N) is 1. The molecule has 0 saturated heterocycles. The van der Waals surface area contributed by atoms with E-state index in [4.69, 9.17) is 5.73 Å². The van der Waals surface area contributed by atoms with Crippen LogP contribution in [0.4, 0.5) is 19.0 Å². The summed E-state index contributed by atoms with van der Waals surface area (Å²) in [6.45, 7) is 8.02. The first-order valence-corrected chi connectivity index (χ1v) is 10.5. The Bertz CT molecular complexity index is 1110. The number of aromatic nitrogens is 2. The van der Waals surface area contributed by atoms with Crippen LogP contribution in [0.5, 0.6) is 0 Å². The highest BCUT2D eigenvalue weighted by molar-refractivity contribution is 5.98. The third-order valence-corrected chi connectivity index (χ3v) is 5.38. The van der Waals surface area contributed by atoms with E-state index in [0.717, 1.165) is 29.6 Å². The van der Waals surface area contributed by atoms with Crippen molar-refractivity contribution >= 4 is 22.6 Å². The average molecular weight is 445 g/mol. The van der Waals surface area contributed by atoms with Gasteiger partial charge in [-0.1, -0.05) is 13.8 Å². The number of rotatable bonds is 6. The number of halogens is 3. The van der Waals surface area contributed by atoms with Crippen LogP contribution in [-0.2, 0) is 12.7 Å². The molecule has 1 unspecified atom stereocenters. The molecule has 0 fully saturated rings. The summed E-state index contributed by atoms with van der Waals surface area (Å²) in [6.07, 6.45) is -2.90. The Morgan fingerprint density at radius 2 is 1.84 bits per heavy atom. The van der Waals surface area contributed by atoms with Crippen molar-refractivity contribution in [3.8, 4) is 0 Å². The summed E-state index contributed by atoms with van der Waals surface area (Å²) in [4.78, 5) is 23.4. The molecular formula is C24H27F3N4O. The van der Waals surface area contributed by atoms with Crippen LogP contribution in [0, 0.1) is 12.8 Å². The highest BCUT2D eigenvalue weighted by Crippen LogP contribution is 2.29. The third kappa shape index (κ3) is 5.36. The minimum atomic E-state index is -4.45. The van der Waals surface area contributed by atoms with Crippen LogP contribution in [0.25, 0.3) is 10.9 Å². The molecule has 1 atom stereocenters. The van der Waals surface area contributed by atoms with E-state index >= 15 is 0 Å². The van der Waals surface area contributed by atoms with Gasteiger partial charge in [0, 0.05) is 23.2 Å². The lowest BCUT2D eigenvalue weighted by molar-refractivity contribution is -0.137. The summed E-state index contributed by atoms with van der Waals surface area (Å²) >= 11 is 0. The van der Waals surface area contributed by atoms with Crippen molar-refractivity contribution in [2.75, 3.05) is 5.73 Å². The number of benzene rings is 1. The highest BCUT2D eigenvalue weighted by Gasteiger charge is 2.31. The Hall–Kier alpha value is -3.16. The number of nitrogens with zero attached hydrogens (tertiary/aromatic N) is 3. The van der Waals surface area contributed by atoms with E-state index in [1.165, 1.54) is 6.07 Å². The molecule has 0 bridgehead atoms. The van der Waals surface area contributed by atoms with Crippen molar-refractivity contribution in [3.05, 3.63) is 65.0 Å². The molecule has 3 aromatic rings. The van der Waals surface area contributed by atoms with Gasteiger partial charge in [0.05, 0.1) is 23.3 Å². The molecule has 32 heavy (non-hydrogen) atoms. The molecule has 8 heteroatoms. The second kappa shape index (κ2) is 9.14. The van der Waals surface area contributed by atoms with Gasteiger partial charge in [0.25, 0.3) is 5.91 Å². The molecular weight excluding hydrogens is 417 g/mol. The van der Waals surface area contributed by atoms with Gasteiger partial charge < -0.3 is 10.6 Å². The van der Waals surface area contributed by atoms with E-state index in [1.807, 2.05) is 19.9 Å². The lowest BCUT2D eigenvalue weighted by Crippen LogP contribution is -2.39. The zero-order valence-corrected chi connectivity index (χ0v) is 18.6. The maximum absolute atomic E-state index is 13.5. The monoisotopic (exact) mass is 444 g/mol. The van der Waals surface area contributed by atoms with E-state index < -0.39 is 11.7 Å². The zero-order valence-electron chi connectivity index (χ0n) is 18.6. The zero-order chi connectivity index (χ0) is 23.6. The van der Waals surface area contributed by atoms with Crippen LogP contribution in [0.2, 0.25) is 0 Å². The third-order valence-electron chi connectivity index (χ3n) is 5.38. The second-order valence-corrected chi connectivity index (χ2v) is 8.55. The summed E-state index contributed by atoms with van der Waals surface area (Å²) in [5.74, 6) is 0.570. The number of anilines is 1. The SMILES string of the molecule is Cc1cc2cc(C(=O)N(Cc3ccc(C(F)(F)F)cn3)C(C)CC(C)C)ccc2nc1N. The van der Waals surface area contributed by atoms with Crippen molar-refractivity contribution in [1.29, 1.82) is 0 Å². The van der Waals surface area contributed by atoms with E-state index in [-0.39, 0.29) is 18.5 Å². The van der Waals surface area contributed by atoms with Gasteiger partial charge in [-0.25, -0.2) is 4.98 Å². The number of hydrogen-bond donors (Lipinski definition) is 1. The quantitative estimate of drug-likeness (QED) is 0.536. The molecule has 1 aromatic carbocycles. The summed E-state index contributed by atoms with van der Waals surface area (Å²) in [7, 11) is 0. The van der Waals surface area contributed by atoms with Gasteiger partial charge in [-0.15, -0.1) is 0 Å². The molecule has 5 nitrogen and oxygen atoms in total. The topological polar surface area (TPSA) is 72.1 Å². The van der Waals surface area contributed by atoms with Crippen LogP contribution in [0.3, 0.4) is 0 Å². The van der Waals surface area contributed by atoms with E-state index in [9.17, 15) is 18.0 Å². The molecule has 0 aliphatic carbocycles. The number of amides is 1. The second-order valence-electron chi connectivity index (χ2n) is 8.55. The van der Waals surface area contributed by atoms with Crippen LogP contribution >= 0.6 is 0 Å². The number of nitrogen functional groups attached to an aromatic ring is 1. The minimum Gasteiger partial charge on any atom is -0.383 e. The molecule has 3 rings (SSSR count). The number of aryl methyl sites for hydroxylation is 1. The molecule has 2 aromatic heterocycles. The number of carbonyl (C=O) groups excluding carboxylic acids is 1. The summed E-state index contributed by atoms with van der Waals surface area (Å²) in [6, 6.07) is 9.28. The smallest absolute Gasteiger partial charge is 0.383 e. The van der Waals surface area contributed by atoms with Gasteiger partial charge >= 0.3 is 6.18 Å². The lowest BCUT2D eigenvalue weighted by atomic mass is 10.0. The molecule has 0 radical (unpaired) electrons. The standard InChI is InChI=1S/C24H27F3N4O/c1-14(2)9-16(4)31(13-20-7-6-19(12-29-20)24(25,26)27)23(32)17-5-8-21-18(11-17)10-15(3)22(28)30-21/h5-8,10-12,14,16H,9,13H2,1-4H3,(H2,28,30). The molecule has 0 aliphatic heterocycles. The first kappa shape index (κ1) is 23.5. The Morgan fingerprint density at radius 3 is 2.44 bits per heavy atom. The Kier molecular flexibility index (Phi) is 6.71. The Balaban J connectivity index is 1.93. The number of hydrogen-bond acceptors (Lipinski definition) is 4. The molecule has 1 amide bonds. The fourth-order valence-corrected chi connectivity index (χ4v) is 3.69. The van der Waals surface area contributed by atoms with Crippen molar-refractivity contribution in [2.45, 2.75) is 52.9 Å². The summed E-state index contributed by atoms with van der Waals surface area (Å²) < 4.78 is 38.6. The number of carbonyl (C=O) groups is 1. The van der Waals surface area contributed by atoms with Gasteiger partial charge in [-0.3, -0.25) is 9.78 Å². The van der Waals surface area contributed by atoms with E-state index in [0.29, 0.717) is 28.5 Å². The highest BCUT2D eigenvalue weighted by atomic mass is 19.4. The molecule has 170 valence electrons. The van der Waals surface area contributed by atoms with Crippen LogP contribution in [0.15, 0.2) is 42.6 Å². The normalized spacial score (nSPS) is 12.9. The summed E-state index contributed by atoms with van der Waals surface area (Å²) in [5.41, 5.74) is 7.45. The van der Waals surface area contributed by atoms with E-state index in [2.05, 4.69) is 23.8 Å². The lowest BCUT2D eigenvalue weighted by Gasteiger charge is -2.30. The van der Waals surface area contributed by atoms with Gasteiger partial charge in [-0.2, -0.15) is 13.2 Å². The van der Waals surface area contributed by atoms with Crippen molar-refractivity contribution in [2.24, 2.45) is 5.92 Å². The summed E-state index contributed by atoms with van der Waals surface area (Å²) in [5, 5.41) is 0.798. The first-order chi connectivity index (χ1) is 15.0. The van der Waals surface area contributed by atoms with Gasteiger partial charge in [0.15, 0.2) is 0 Å². The van der Waals surface area contributed by atoms with Crippen LogP contribution < -0.4 is 5.73 Å². The molecule has 0 saturated carbocycles.